The molecule has 0 unspecified atom stereocenters. The molecule has 1 aromatic heterocycles. The maximum absolute atomic E-state index is 13.5. The van der Waals surface area contributed by atoms with Crippen LogP contribution >= 0.6 is 0 Å². The second-order valence-corrected chi connectivity index (χ2v) is 7.71. The van der Waals surface area contributed by atoms with E-state index in [9.17, 15) is 9.18 Å². The van der Waals surface area contributed by atoms with Gasteiger partial charge in [0.2, 0.25) is 0 Å². The Kier molecular flexibility index (Phi) is 45.2. The number of hydrogen-bond donors (Lipinski definition) is 3. The smallest absolute Gasteiger partial charge is 0.155 e. The number of unbranched alkanes of at least 4 members (excludes halogenated alkanes) is 1. The van der Waals surface area contributed by atoms with E-state index in [1.54, 1.807) is 43.7 Å². The molecule has 1 aromatic rings. The molecule has 1 aliphatic carbocycles. The molecule has 0 saturated carbocycles. The van der Waals surface area contributed by atoms with Gasteiger partial charge in [0.05, 0.1) is 18.4 Å². The Morgan fingerprint density at radius 1 is 1.14 bits per heavy atom. The second kappa shape index (κ2) is 39.5. The van der Waals surface area contributed by atoms with Crippen molar-refractivity contribution in [2.75, 3.05) is 27.2 Å². The highest BCUT2D eigenvalue weighted by Gasteiger charge is 2.11. The van der Waals surface area contributed by atoms with Gasteiger partial charge in [0.15, 0.2) is 5.78 Å². The summed E-state index contributed by atoms with van der Waals surface area (Å²) in [7, 11) is 3.53. The third-order valence-corrected chi connectivity index (χ3v) is 4.94. The number of nitrogens with zero attached hydrogens (tertiary/aromatic N) is 3. The Labute approximate surface area is 257 Å². The molecule has 1 aliphatic rings. The fourth-order valence-corrected chi connectivity index (χ4v) is 2.80. The molecule has 0 aromatic carbocycles. The van der Waals surface area contributed by atoms with Gasteiger partial charge in [-0.2, -0.15) is 0 Å². The van der Waals surface area contributed by atoms with E-state index in [2.05, 4.69) is 65.9 Å². The summed E-state index contributed by atoms with van der Waals surface area (Å²) in [4.78, 5) is 21.6. The number of hydrogen-bond acceptors (Lipinski definition) is 7. The van der Waals surface area contributed by atoms with E-state index in [4.69, 9.17) is 5.41 Å². The average Bonchev–Trinajstić information content (AvgIpc) is 3.22. The van der Waals surface area contributed by atoms with Crippen molar-refractivity contribution in [1.29, 1.82) is 5.41 Å². The molecule has 7 nitrogen and oxygen atoms in total. The van der Waals surface area contributed by atoms with E-state index in [1.807, 2.05) is 40.8 Å². The quantitative estimate of drug-likeness (QED) is 0.136. The van der Waals surface area contributed by atoms with Gasteiger partial charge < -0.3 is 21.4 Å². The molecule has 0 bridgehead atoms. The summed E-state index contributed by atoms with van der Waals surface area (Å²) in [5.74, 6) is -0.0132. The fraction of sp³-hybridized carbons (Fsp3) is 0.471. The Balaban J connectivity index is -0.000000160. The Hall–Kier alpha value is -3.65. The van der Waals surface area contributed by atoms with Crippen molar-refractivity contribution in [3.8, 4) is 0 Å². The van der Waals surface area contributed by atoms with Crippen molar-refractivity contribution < 1.29 is 9.18 Å². The largest absolute Gasteiger partial charge is 0.378 e. The van der Waals surface area contributed by atoms with Gasteiger partial charge in [0.25, 0.3) is 0 Å². The van der Waals surface area contributed by atoms with Crippen LogP contribution in [0.4, 0.5) is 4.39 Å². The van der Waals surface area contributed by atoms with Gasteiger partial charge in [-0.25, -0.2) is 4.39 Å². The number of aromatic nitrogens is 2. The van der Waals surface area contributed by atoms with Crippen molar-refractivity contribution in [2.24, 2.45) is 5.73 Å². The zero-order valence-electron chi connectivity index (χ0n) is 27.9. The molecule has 0 fully saturated rings. The number of carbonyl (C=O) groups excluding carboxylic acids is 1. The normalized spacial score (nSPS) is 10.6. The van der Waals surface area contributed by atoms with Crippen LogP contribution in [-0.4, -0.2) is 54.6 Å². The van der Waals surface area contributed by atoms with Gasteiger partial charge in [-0.05, 0) is 46.4 Å². The van der Waals surface area contributed by atoms with Crippen LogP contribution < -0.4 is 11.1 Å². The van der Waals surface area contributed by atoms with Gasteiger partial charge in [-0.3, -0.25) is 14.8 Å². The van der Waals surface area contributed by atoms with Crippen LogP contribution in [0, 0.1) is 5.41 Å². The minimum Gasteiger partial charge on any atom is -0.378 e. The first-order valence-electron chi connectivity index (χ1n) is 14.6. The van der Waals surface area contributed by atoms with Crippen molar-refractivity contribution in [3.05, 3.63) is 92.0 Å². The minimum atomic E-state index is -0.0765. The van der Waals surface area contributed by atoms with Gasteiger partial charge in [0, 0.05) is 43.7 Å². The maximum Gasteiger partial charge on any atom is 0.155 e. The molecule has 4 N–H and O–H groups in total. The van der Waals surface area contributed by atoms with Crippen LogP contribution in [0.2, 0.25) is 0 Å². The summed E-state index contributed by atoms with van der Waals surface area (Å²) >= 11 is 0. The molecular weight excluding hydrogens is 527 g/mol. The van der Waals surface area contributed by atoms with Crippen LogP contribution in [0.15, 0.2) is 86.3 Å². The number of allylic oxidation sites excluding steroid dienone is 6. The van der Waals surface area contributed by atoms with E-state index in [1.165, 1.54) is 19.9 Å². The Morgan fingerprint density at radius 2 is 1.71 bits per heavy atom. The lowest BCUT2D eigenvalue weighted by molar-refractivity contribution is -0.117. The first kappa shape index (κ1) is 48.1. The number of ketones is 1. The highest BCUT2D eigenvalue weighted by atomic mass is 19.1. The van der Waals surface area contributed by atoms with E-state index in [0.717, 1.165) is 36.5 Å². The first-order valence-corrected chi connectivity index (χ1v) is 14.6. The number of Topliss-reactive ketones (excluding diaryl/α,β-unsaturated/α-hetero) is 1. The third kappa shape index (κ3) is 27.9. The van der Waals surface area contributed by atoms with Gasteiger partial charge in [-0.15, -0.1) is 6.58 Å². The molecule has 8 heteroatoms. The number of rotatable bonds is 11. The van der Waals surface area contributed by atoms with Crippen molar-refractivity contribution in [2.45, 2.75) is 80.1 Å². The monoisotopic (exact) mass is 588 g/mol. The molecule has 0 saturated heterocycles. The topological polar surface area (TPSA) is 108 Å². The van der Waals surface area contributed by atoms with Gasteiger partial charge in [0.1, 0.15) is 11.5 Å². The molecule has 0 aliphatic heterocycles. The van der Waals surface area contributed by atoms with E-state index in [0.29, 0.717) is 18.4 Å². The Bertz CT molecular complexity index is 860. The zero-order valence-corrected chi connectivity index (χ0v) is 27.9. The van der Waals surface area contributed by atoms with Crippen LogP contribution in [0.25, 0.3) is 5.70 Å². The molecule has 0 radical (unpaired) electrons. The van der Waals surface area contributed by atoms with Crippen LogP contribution in [0.1, 0.15) is 85.8 Å². The van der Waals surface area contributed by atoms with Crippen LogP contribution in [0.3, 0.4) is 0 Å². The molecule has 240 valence electrons. The lowest BCUT2D eigenvalue weighted by Crippen LogP contribution is -2.22. The summed E-state index contributed by atoms with van der Waals surface area (Å²) in [5, 5.41) is 8.49. The van der Waals surface area contributed by atoms with Crippen LogP contribution in [-0.2, 0) is 4.79 Å². The first-order chi connectivity index (χ1) is 20.3. The van der Waals surface area contributed by atoms with E-state index >= 15 is 0 Å². The zero-order chi connectivity index (χ0) is 33.8. The minimum absolute atomic E-state index is 0.0633. The van der Waals surface area contributed by atoms with Crippen LogP contribution in [0.5, 0.6) is 0 Å². The summed E-state index contributed by atoms with van der Waals surface area (Å²) in [6.07, 6.45) is 16.8. The average molecular weight is 589 g/mol. The van der Waals surface area contributed by atoms with E-state index < -0.39 is 0 Å². The van der Waals surface area contributed by atoms with Crippen molar-refractivity contribution in [1.82, 2.24) is 20.2 Å². The molecule has 0 amide bonds. The number of nitrogens with two attached hydrogens (primary N) is 1. The number of carbonyl (C=O) groups is 1. The molecular formula is C34H61FN6O. The summed E-state index contributed by atoms with van der Waals surface area (Å²) in [5.41, 5.74) is 7.67. The summed E-state index contributed by atoms with van der Waals surface area (Å²) in [6.45, 7) is 29.9. The third-order valence-electron chi connectivity index (χ3n) is 4.94. The summed E-state index contributed by atoms with van der Waals surface area (Å²) < 4.78 is 13.5. The predicted molar refractivity (Wildman–Crippen MR) is 185 cm³/mol. The maximum atomic E-state index is 13.5. The highest BCUT2D eigenvalue weighted by Crippen LogP contribution is 2.23. The van der Waals surface area contributed by atoms with Gasteiger partial charge in [-0.1, -0.05) is 85.1 Å². The SMILES string of the molecule is C=C(c1cnccn1)N(C)CCCC.C=CC=C.C=CCC(=O)CNC1=CCCCC(F)=C1C.C=N.CC.CC.CN. The van der Waals surface area contributed by atoms with Crippen molar-refractivity contribution >= 4 is 18.2 Å². The predicted octanol–water partition coefficient (Wildman–Crippen LogP) is 8.46. The Morgan fingerprint density at radius 3 is 2.17 bits per heavy atom. The molecule has 42 heavy (non-hydrogen) atoms. The van der Waals surface area contributed by atoms with E-state index in [-0.39, 0.29) is 18.2 Å². The lowest BCUT2D eigenvalue weighted by Gasteiger charge is -2.20. The number of nitrogens with one attached hydrogen (secondary N) is 2. The standard InChI is InChI=1S/C13H18FNO.C11H17N3.C4H6.2C2H6.CH5N.CH3N/c1-3-6-11(16)9-15-13-8-5-4-7-12(14)10(13)2;1-4-5-8-14(3)10(2)11-9-12-6-7-13-11;1-3-4-2;4*1-2/h3,8,15H,1,4-7,9H2,2H3;6-7,9H,2,4-5,8H2,1,3H3;3-4H,1-2H2;2*1-2H3;2H2,1H3;2H,1H2. The molecule has 0 atom stereocenters. The highest BCUT2D eigenvalue weighted by molar-refractivity contribution is 5.82. The number of halogens is 1. The fourth-order valence-electron chi connectivity index (χ4n) is 2.80. The molecule has 1 heterocycles. The van der Waals surface area contributed by atoms with Gasteiger partial charge >= 0.3 is 0 Å². The summed E-state index contributed by atoms with van der Waals surface area (Å²) in [6, 6.07) is 0. The lowest BCUT2D eigenvalue weighted by atomic mass is 10.1. The molecule has 0 spiro atoms. The second-order valence-electron chi connectivity index (χ2n) is 7.71. The molecule has 2 rings (SSSR count). The van der Waals surface area contributed by atoms with Crippen molar-refractivity contribution in [3.63, 3.8) is 0 Å².